The first kappa shape index (κ1) is 12.7. The molecule has 0 saturated heterocycles. The summed E-state index contributed by atoms with van der Waals surface area (Å²) in [5.41, 5.74) is 0.516. The lowest BCUT2D eigenvalue weighted by Crippen LogP contribution is -2.46. The number of hydrogen-bond acceptors (Lipinski definition) is 2. The highest BCUT2D eigenvalue weighted by Crippen LogP contribution is 2.52. The van der Waals surface area contributed by atoms with Crippen molar-refractivity contribution in [2.75, 3.05) is 13.2 Å². The molecule has 2 aliphatic rings. The summed E-state index contributed by atoms with van der Waals surface area (Å²) in [6.07, 6.45) is 7.64. The van der Waals surface area contributed by atoms with Crippen LogP contribution in [0.2, 0.25) is 0 Å². The molecule has 0 spiro atoms. The molecule has 98 valence electrons. The molecule has 0 atom stereocenters. The smallest absolute Gasteiger partial charge is 0.404 e. The van der Waals surface area contributed by atoms with E-state index in [9.17, 15) is 4.79 Å². The molecule has 0 aliphatic heterocycles. The molecular weight excluding hydrogens is 218 g/mol. The summed E-state index contributed by atoms with van der Waals surface area (Å²) >= 11 is 0. The van der Waals surface area contributed by atoms with Crippen LogP contribution in [0.15, 0.2) is 0 Å². The zero-order valence-electron chi connectivity index (χ0n) is 10.6. The molecule has 0 aromatic carbocycles. The van der Waals surface area contributed by atoms with Crippen LogP contribution in [0.4, 0.5) is 4.79 Å². The van der Waals surface area contributed by atoms with Crippen molar-refractivity contribution < 1.29 is 14.6 Å². The Hall–Kier alpha value is -0.770. The maximum atomic E-state index is 10.3. The van der Waals surface area contributed by atoms with Gasteiger partial charge in [0, 0.05) is 6.54 Å². The highest BCUT2D eigenvalue weighted by molar-refractivity contribution is 5.64. The summed E-state index contributed by atoms with van der Waals surface area (Å²) in [4.78, 5) is 10.3. The normalized spacial score (nSPS) is 36.5. The van der Waals surface area contributed by atoms with E-state index in [2.05, 4.69) is 12.2 Å². The van der Waals surface area contributed by atoms with Crippen LogP contribution in [0, 0.1) is 5.41 Å². The summed E-state index contributed by atoms with van der Waals surface area (Å²) < 4.78 is 6.03. The molecule has 0 aromatic heterocycles. The number of ether oxygens (including phenoxy) is 1. The van der Waals surface area contributed by atoms with Gasteiger partial charge >= 0.3 is 6.09 Å². The van der Waals surface area contributed by atoms with Gasteiger partial charge in [-0.05, 0) is 37.5 Å². The number of nitrogens with one attached hydrogen (secondary N) is 1. The minimum absolute atomic E-state index is 0.0471. The zero-order valence-corrected chi connectivity index (χ0v) is 10.6. The fourth-order valence-corrected chi connectivity index (χ4v) is 3.68. The molecule has 17 heavy (non-hydrogen) atoms. The Balaban J connectivity index is 1.83. The molecule has 4 heteroatoms. The van der Waals surface area contributed by atoms with E-state index in [1.54, 1.807) is 0 Å². The Morgan fingerprint density at radius 1 is 1.29 bits per heavy atom. The molecule has 2 fully saturated rings. The van der Waals surface area contributed by atoms with E-state index in [0.29, 0.717) is 18.6 Å². The van der Waals surface area contributed by atoms with E-state index in [1.807, 2.05) is 0 Å². The standard InChI is InChI=1S/C13H23NO3/c1-12-4-2-6-13(10-12,7-3-5-12)17-9-8-14-11(15)16/h14H,2-10H2,1H3,(H,15,16). The monoisotopic (exact) mass is 241 g/mol. The van der Waals surface area contributed by atoms with Crippen LogP contribution in [-0.4, -0.2) is 30.0 Å². The number of carboxylic acid groups (broad SMARTS) is 1. The Kier molecular flexibility index (Phi) is 3.61. The SMILES string of the molecule is CC12CCCC(OCCNC(=O)O)(CCC1)C2. The number of amides is 1. The molecule has 2 bridgehead atoms. The molecule has 0 radical (unpaired) electrons. The van der Waals surface area contributed by atoms with Crippen LogP contribution in [0.25, 0.3) is 0 Å². The first-order chi connectivity index (χ1) is 8.04. The van der Waals surface area contributed by atoms with Gasteiger partial charge in [-0.2, -0.15) is 0 Å². The van der Waals surface area contributed by atoms with E-state index in [-0.39, 0.29) is 5.60 Å². The minimum Gasteiger partial charge on any atom is -0.465 e. The number of fused-ring (bicyclic) bond motifs is 2. The fourth-order valence-electron chi connectivity index (χ4n) is 3.68. The van der Waals surface area contributed by atoms with Crippen molar-refractivity contribution in [1.29, 1.82) is 0 Å². The van der Waals surface area contributed by atoms with Crippen molar-refractivity contribution in [3.8, 4) is 0 Å². The number of carbonyl (C=O) groups is 1. The van der Waals surface area contributed by atoms with Gasteiger partial charge in [-0.1, -0.05) is 19.8 Å². The van der Waals surface area contributed by atoms with Crippen LogP contribution < -0.4 is 5.32 Å². The minimum atomic E-state index is -0.969. The maximum absolute atomic E-state index is 10.3. The third-order valence-corrected chi connectivity index (χ3v) is 4.36. The second kappa shape index (κ2) is 4.84. The van der Waals surface area contributed by atoms with E-state index in [0.717, 1.165) is 19.3 Å². The Labute approximate surface area is 103 Å². The van der Waals surface area contributed by atoms with E-state index in [1.165, 1.54) is 25.7 Å². The number of rotatable bonds is 4. The van der Waals surface area contributed by atoms with Crippen molar-refractivity contribution in [3.05, 3.63) is 0 Å². The van der Waals surface area contributed by atoms with Gasteiger partial charge < -0.3 is 15.2 Å². The van der Waals surface area contributed by atoms with Gasteiger partial charge in [-0.15, -0.1) is 0 Å². The highest BCUT2D eigenvalue weighted by atomic mass is 16.5. The lowest BCUT2D eigenvalue weighted by atomic mass is 9.61. The second-order valence-corrected chi connectivity index (χ2v) is 5.96. The van der Waals surface area contributed by atoms with Crippen molar-refractivity contribution in [1.82, 2.24) is 5.32 Å². The van der Waals surface area contributed by atoms with Crippen molar-refractivity contribution >= 4 is 6.09 Å². The first-order valence-electron chi connectivity index (χ1n) is 6.65. The molecule has 0 aromatic rings. The van der Waals surface area contributed by atoms with E-state index in [4.69, 9.17) is 9.84 Å². The lowest BCUT2D eigenvalue weighted by Gasteiger charge is -2.50. The van der Waals surface area contributed by atoms with Crippen molar-refractivity contribution in [3.63, 3.8) is 0 Å². The molecule has 0 unspecified atom stereocenters. The van der Waals surface area contributed by atoms with Gasteiger partial charge in [-0.3, -0.25) is 0 Å². The Morgan fingerprint density at radius 3 is 2.53 bits per heavy atom. The summed E-state index contributed by atoms with van der Waals surface area (Å²) in [5, 5.41) is 10.9. The van der Waals surface area contributed by atoms with E-state index < -0.39 is 6.09 Å². The molecule has 2 rings (SSSR count). The fraction of sp³-hybridized carbons (Fsp3) is 0.923. The predicted molar refractivity (Wildman–Crippen MR) is 65.1 cm³/mol. The summed E-state index contributed by atoms with van der Waals surface area (Å²) in [6.45, 7) is 3.27. The van der Waals surface area contributed by atoms with Crippen LogP contribution >= 0.6 is 0 Å². The summed E-state index contributed by atoms with van der Waals surface area (Å²) in [7, 11) is 0. The summed E-state index contributed by atoms with van der Waals surface area (Å²) in [5.74, 6) is 0. The quantitative estimate of drug-likeness (QED) is 0.744. The Morgan fingerprint density at radius 2 is 1.94 bits per heavy atom. The zero-order chi connectivity index (χ0) is 12.4. The Bertz CT molecular complexity index is 280. The molecule has 0 heterocycles. The van der Waals surface area contributed by atoms with Gasteiger partial charge in [0.05, 0.1) is 12.2 Å². The first-order valence-corrected chi connectivity index (χ1v) is 6.65. The van der Waals surface area contributed by atoms with Crippen LogP contribution in [0.3, 0.4) is 0 Å². The highest BCUT2D eigenvalue weighted by Gasteiger charge is 2.45. The second-order valence-electron chi connectivity index (χ2n) is 5.96. The van der Waals surface area contributed by atoms with Gasteiger partial charge in [0.2, 0.25) is 0 Å². The maximum Gasteiger partial charge on any atom is 0.404 e. The largest absolute Gasteiger partial charge is 0.465 e. The van der Waals surface area contributed by atoms with Crippen molar-refractivity contribution in [2.24, 2.45) is 5.41 Å². The lowest BCUT2D eigenvalue weighted by molar-refractivity contribution is -0.126. The molecule has 1 amide bonds. The molecule has 4 nitrogen and oxygen atoms in total. The van der Waals surface area contributed by atoms with Crippen LogP contribution in [0.5, 0.6) is 0 Å². The molecule has 2 saturated carbocycles. The average Bonchev–Trinajstić information content (AvgIpc) is 2.23. The topological polar surface area (TPSA) is 58.6 Å². The molecule has 2 N–H and O–H groups in total. The molecular formula is C13H23NO3. The predicted octanol–water partition coefficient (Wildman–Crippen LogP) is 2.77. The summed E-state index contributed by atoms with van der Waals surface area (Å²) in [6, 6.07) is 0. The van der Waals surface area contributed by atoms with Gasteiger partial charge in [0.1, 0.15) is 0 Å². The van der Waals surface area contributed by atoms with Gasteiger partial charge in [0.15, 0.2) is 0 Å². The third kappa shape index (κ3) is 3.12. The van der Waals surface area contributed by atoms with Gasteiger partial charge in [0.25, 0.3) is 0 Å². The van der Waals surface area contributed by atoms with Crippen LogP contribution in [0.1, 0.15) is 51.9 Å². The molecule has 2 aliphatic carbocycles. The van der Waals surface area contributed by atoms with E-state index >= 15 is 0 Å². The third-order valence-electron chi connectivity index (χ3n) is 4.36. The van der Waals surface area contributed by atoms with Crippen molar-refractivity contribution in [2.45, 2.75) is 57.5 Å². The van der Waals surface area contributed by atoms with Gasteiger partial charge in [-0.25, -0.2) is 4.79 Å². The number of hydrogen-bond donors (Lipinski definition) is 2. The van der Waals surface area contributed by atoms with Crippen LogP contribution in [-0.2, 0) is 4.74 Å². The average molecular weight is 241 g/mol.